The molecule has 5 rings (SSSR count). The number of rotatable bonds is 7. The van der Waals surface area contributed by atoms with Crippen LogP contribution >= 0.6 is 22.6 Å². The molecular weight excluding hydrogens is 626 g/mol. The van der Waals surface area contributed by atoms with E-state index >= 15 is 0 Å². The van der Waals surface area contributed by atoms with E-state index in [1.807, 2.05) is 0 Å². The Labute approximate surface area is 243 Å². The molecule has 0 bridgehead atoms. The van der Waals surface area contributed by atoms with Gasteiger partial charge < -0.3 is 9.47 Å². The maximum absolute atomic E-state index is 13.6. The van der Waals surface area contributed by atoms with Crippen LogP contribution in [0.1, 0.15) is 11.1 Å². The summed E-state index contributed by atoms with van der Waals surface area (Å²) in [6, 6.07) is 25.5. The molecule has 9 heteroatoms. The molecule has 1 heterocycles. The number of carbonyl (C=O) groups is 3. The van der Waals surface area contributed by atoms with Gasteiger partial charge in [0, 0.05) is 0 Å². The van der Waals surface area contributed by atoms with Gasteiger partial charge in [-0.1, -0.05) is 48.5 Å². The van der Waals surface area contributed by atoms with Gasteiger partial charge in [0.2, 0.25) is 0 Å². The summed E-state index contributed by atoms with van der Waals surface area (Å²) in [4.78, 5) is 42.7. The number of nitrogens with zero attached hydrogens (tertiary/aromatic N) is 2. The van der Waals surface area contributed by atoms with Gasteiger partial charge in [0.15, 0.2) is 11.5 Å². The second-order valence-electron chi connectivity index (χ2n) is 8.74. The average molecular weight is 648 g/mol. The maximum Gasteiger partial charge on any atom is 0.343 e. The first-order valence-corrected chi connectivity index (χ1v) is 13.2. The van der Waals surface area contributed by atoms with Crippen molar-refractivity contribution in [2.75, 3.05) is 16.9 Å². The van der Waals surface area contributed by atoms with E-state index in [0.717, 1.165) is 15.4 Å². The molecule has 0 spiro atoms. The number of hydrogen-bond donors (Lipinski definition) is 0. The van der Waals surface area contributed by atoms with E-state index in [1.54, 1.807) is 84.9 Å². The molecule has 0 saturated carbocycles. The van der Waals surface area contributed by atoms with Gasteiger partial charge in [-0.05, 0) is 88.3 Å². The zero-order valence-corrected chi connectivity index (χ0v) is 23.4. The number of hydrogen-bond acceptors (Lipinski definition) is 5. The van der Waals surface area contributed by atoms with Gasteiger partial charge >= 0.3 is 6.03 Å². The lowest BCUT2D eigenvalue weighted by molar-refractivity contribution is -0.121. The molecule has 0 N–H and O–H groups in total. The molecule has 0 aliphatic carbocycles. The largest absolute Gasteiger partial charge is 0.493 e. The molecular formula is C31H22FIN2O5. The number of imide groups is 2. The lowest BCUT2D eigenvalue weighted by Gasteiger charge is -2.34. The minimum absolute atomic E-state index is 0.185. The van der Waals surface area contributed by atoms with Gasteiger partial charge in [-0.15, -0.1) is 0 Å². The van der Waals surface area contributed by atoms with Gasteiger partial charge in [-0.25, -0.2) is 19.0 Å². The number of amides is 4. The van der Waals surface area contributed by atoms with Gasteiger partial charge in [0.25, 0.3) is 11.8 Å². The van der Waals surface area contributed by atoms with Gasteiger partial charge in [0.05, 0.1) is 22.1 Å². The number of barbiturate groups is 1. The lowest BCUT2D eigenvalue weighted by Crippen LogP contribution is -2.57. The van der Waals surface area contributed by atoms with Crippen LogP contribution in [0, 0.1) is 9.39 Å². The Hall–Kier alpha value is -4.51. The molecule has 0 aromatic heterocycles. The molecule has 200 valence electrons. The Bertz CT molecular complexity index is 1550. The number of methoxy groups -OCH3 is 1. The second-order valence-corrected chi connectivity index (χ2v) is 9.90. The fraction of sp³-hybridized carbons (Fsp3) is 0.0645. The van der Waals surface area contributed by atoms with Crippen molar-refractivity contribution in [1.82, 2.24) is 0 Å². The van der Waals surface area contributed by atoms with Crippen molar-refractivity contribution in [3.05, 3.63) is 123 Å². The van der Waals surface area contributed by atoms with Crippen molar-refractivity contribution in [2.24, 2.45) is 0 Å². The lowest BCUT2D eigenvalue weighted by atomic mass is 10.0. The Morgan fingerprint density at radius 2 is 1.35 bits per heavy atom. The molecule has 40 heavy (non-hydrogen) atoms. The zero-order chi connectivity index (χ0) is 28.2. The van der Waals surface area contributed by atoms with Crippen LogP contribution in [-0.4, -0.2) is 25.0 Å². The van der Waals surface area contributed by atoms with Crippen molar-refractivity contribution < 1.29 is 28.2 Å². The summed E-state index contributed by atoms with van der Waals surface area (Å²) in [5, 5.41) is 0. The summed E-state index contributed by atoms with van der Waals surface area (Å²) in [5.74, 6) is -0.966. The summed E-state index contributed by atoms with van der Waals surface area (Å²) in [6.45, 7) is 0.185. The van der Waals surface area contributed by atoms with Gasteiger partial charge in [0.1, 0.15) is 18.0 Å². The summed E-state index contributed by atoms with van der Waals surface area (Å²) in [7, 11) is 1.48. The monoisotopic (exact) mass is 648 g/mol. The molecule has 0 unspecified atom stereocenters. The molecule has 1 saturated heterocycles. The quantitative estimate of drug-likeness (QED) is 0.128. The van der Waals surface area contributed by atoms with Crippen LogP contribution in [0.4, 0.5) is 20.6 Å². The van der Waals surface area contributed by atoms with Gasteiger partial charge in [-0.2, -0.15) is 0 Å². The third-order valence-corrected chi connectivity index (χ3v) is 6.94. The number of anilines is 2. The van der Waals surface area contributed by atoms with E-state index in [0.29, 0.717) is 32.0 Å². The topological polar surface area (TPSA) is 76.2 Å². The standard InChI is InChI=1S/C31H22FIN2O5/c1-39-27-18-21(17-26(33)28(27)40-19-20-12-14-22(32)15-13-20)16-25-29(36)34(23-8-4-2-5-9-23)31(38)35(30(25)37)24-10-6-3-7-11-24/h2-18H,19H2,1H3. The first-order chi connectivity index (χ1) is 19.4. The van der Waals surface area contributed by atoms with Crippen LogP contribution in [0.25, 0.3) is 6.08 Å². The summed E-state index contributed by atoms with van der Waals surface area (Å²) >= 11 is 2.08. The Kier molecular flexibility index (Phi) is 7.92. The third kappa shape index (κ3) is 5.46. The van der Waals surface area contributed by atoms with Crippen LogP contribution in [0.15, 0.2) is 103 Å². The van der Waals surface area contributed by atoms with Crippen LogP contribution in [-0.2, 0) is 16.2 Å². The zero-order valence-electron chi connectivity index (χ0n) is 21.2. The molecule has 1 aliphatic heterocycles. The Morgan fingerprint density at radius 3 is 1.88 bits per heavy atom. The predicted molar refractivity (Wildman–Crippen MR) is 158 cm³/mol. The number of ether oxygens (including phenoxy) is 2. The van der Waals surface area contributed by atoms with Crippen molar-refractivity contribution in [3.63, 3.8) is 0 Å². The molecule has 1 aliphatic rings. The van der Waals surface area contributed by atoms with Crippen LogP contribution in [0.5, 0.6) is 11.5 Å². The highest BCUT2D eigenvalue weighted by molar-refractivity contribution is 14.1. The molecule has 4 amide bonds. The fourth-order valence-corrected chi connectivity index (χ4v) is 4.99. The highest BCUT2D eigenvalue weighted by Gasteiger charge is 2.43. The highest BCUT2D eigenvalue weighted by Crippen LogP contribution is 2.36. The van der Waals surface area contributed by atoms with E-state index in [2.05, 4.69) is 22.6 Å². The molecule has 7 nitrogen and oxygen atoms in total. The van der Waals surface area contributed by atoms with E-state index in [9.17, 15) is 18.8 Å². The molecule has 4 aromatic carbocycles. The first-order valence-electron chi connectivity index (χ1n) is 12.2. The first kappa shape index (κ1) is 27.1. The van der Waals surface area contributed by atoms with E-state index in [-0.39, 0.29) is 18.0 Å². The second kappa shape index (κ2) is 11.7. The van der Waals surface area contributed by atoms with Crippen LogP contribution in [0.2, 0.25) is 0 Å². The minimum Gasteiger partial charge on any atom is -0.493 e. The van der Waals surface area contributed by atoms with Crippen molar-refractivity contribution in [3.8, 4) is 11.5 Å². The van der Waals surface area contributed by atoms with E-state index < -0.39 is 17.8 Å². The highest BCUT2D eigenvalue weighted by atomic mass is 127. The SMILES string of the molecule is COc1cc(C=C2C(=O)N(c3ccccc3)C(=O)N(c3ccccc3)C2=O)cc(I)c1OCc1ccc(F)cc1. The van der Waals surface area contributed by atoms with Crippen LogP contribution < -0.4 is 19.3 Å². The average Bonchev–Trinajstić information content (AvgIpc) is 2.96. The number of urea groups is 1. The maximum atomic E-state index is 13.6. The molecule has 0 radical (unpaired) electrons. The predicted octanol–water partition coefficient (Wildman–Crippen LogP) is 6.60. The Morgan fingerprint density at radius 1 is 0.800 bits per heavy atom. The van der Waals surface area contributed by atoms with Crippen LogP contribution in [0.3, 0.4) is 0 Å². The number of benzene rings is 4. The number of carbonyl (C=O) groups excluding carboxylic acids is 3. The van der Waals surface area contributed by atoms with Crippen molar-refractivity contribution >= 4 is 57.9 Å². The minimum atomic E-state index is -0.763. The van der Waals surface area contributed by atoms with Gasteiger partial charge in [-0.3, -0.25) is 9.59 Å². The van der Waals surface area contributed by atoms with Crippen molar-refractivity contribution in [1.29, 1.82) is 0 Å². The molecule has 1 fully saturated rings. The number of halogens is 2. The summed E-state index contributed by atoms with van der Waals surface area (Å²) in [5.41, 5.74) is 1.77. The smallest absolute Gasteiger partial charge is 0.343 e. The summed E-state index contributed by atoms with van der Waals surface area (Å²) in [6.07, 6.45) is 1.44. The van der Waals surface area contributed by atoms with E-state index in [4.69, 9.17) is 9.47 Å². The summed E-state index contributed by atoms with van der Waals surface area (Å²) < 4.78 is 25.4. The molecule has 4 aromatic rings. The number of para-hydroxylation sites is 2. The Balaban J connectivity index is 1.53. The van der Waals surface area contributed by atoms with Crippen molar-refractivity contribution in [2.45, 2.75) is 6.61 Å². The molecule has 0 atom stereocenters. The normalized spacial score (nSPS) is 13.5. The fourth-order valence-electron chi connectivity index (χ4n) is 4.21. The van der Waals surface area contributed by atoms with E-state index in [1.165, 1.54) is 25.3 Å². The third-order valence-electron chi connectivity index (χ3n) is 6.14.